The van der Waals surface area contributed by atoms with Crippen molar-refractivity contribution in [2.24, 2.45) is 0 Å². The number of benzene rings is 2. The van der Waals surface area contributed by atoms with Gasteiger partial charge in [-0.1, -0.05) is 39.7 Å². The largest absolute Gasteiger partial charge is 0.466 e. The van der Waals surface area contributed by atoms with E-state index in [9.17, 15) is 14.4 Å². The van der Waals surface area contributed by atoms with E-state index >= 15 is 0 Å². The summed E-state index contributed by atoms with van der Waals surface area (Å²) < 4.78 is 5.94. The summed E-state index contributed by atoms with van der Waals surface area (Å²) in [6.07, 6.45) is 1.24. The van der Waals surface area contributed by atoms with Crippen LogP contribution in [0.3, 0.4) is 0 Å². The Morgan fingerprint density at radius 2 is 1.74 bits per heavy atom. The van der Waals surface area contributed by atoms with Crippen LogP contribution in [0.4, 0.5) is 0 Å². The molecule has 2 amide bonds. The van der Waals surface area contributed by atoms with E-state index < -0.39 is 0 Å². The molecule has 0 atom stereocenters. The molecule has 0 aliphatic carbocycles. The zero-order chi connectivity index (χ0) is 19.4. The van der Waals surface area contributed by atoms with Gasteiger partial charge in [0.2, 0.25) is 0 Å². The maximum atomic E-state index is 12.3. The molecule has 5 nitrogen and oxygen atoms in total. The molecule has 0 fully saturated rings. The lowest BCUT2D eigenvalue weighted by Gasteiger charge is -2.13. The number of aryl methyl sites for hydroxylation is 1. The number of esters is 1. The standard InChI is InChI=1S/C20H17BrClNO4/c21-14-5-8-16-17(12-14)20(26)23(19(16)25)10-1-11-27-18(24)9-4-13-2-6-15(22)7-3-13/h2-3,5-8,12H,1,4,9-11H2. The van der Waals surface area contributed by atoms with Gasteiger partial charge in [0.05, 0.1) is 17.7 Å². The Morgan fingerprint density at radius 3 is 2.48 bits per heavy atom. The molecule has 0 saturated carbocycles. The highest BCUT2D eigenvalue weighted by Gasteiger charge is 2.35. The summed E-state index contributed by atoms with van der Waals surface area (Å²) in [7, 11) is 0. The van der Waals surface area contributed by atoms with Gasteiger partial charge in [-0.05, 0) is 48.7 Å². The second kappa shape index (κ2) is 8.67. The minimum Gasteiger partial charge on any atom is -0.466 e. The summed E-state index contributed by atoms with van der Waals surface area (Å²) in [6, 6.07) is 12.3. The fourth-order valence-electron chi connectivity index (χ4n) is 2.84. The second-order valence-corrected chi connectivity index (χ2v) is 7.50. The van der Waals surface area contributed by atoms with Gasteiger partial charge in [0, 0.05) is 22.5 Å². The molecule has 0 N–H and O–H groups in total. The van der Waals surface area contributed by atoms with Crippen molar-refractivity contribution in [2.45, 2.75) is 19.3 Å². The highest BCUT2D eigenvalue weighted by atomic mass is 79.9. The Labute approximate surface area is 170 Å². The summed E-state index contributed by atoms with van der Waals surface area (Å²) in [5.41, 5.74) is 1.81. The first-order valence-corrected chi connectivity index (χ1v) is 9.68. The van der Waals surface area contributed by atoms with Crippen LogP contribution in [0, 0.1) is 0 Å². The lowest BCUT2D eigenvalue weighted by molar-refractivity contribution is -0.143. The molecule has 3 rings (SSSR count). The number of hydrogen-bond donors (Lipinski definition) is 0. The summed E-state index contributed by atoms with van der Waals surface area (Å²) >= 11 is 9.13. The van der Waals surface area contributed by atoms with Crippen molar-refractivity contribution in [1.82, 2.24) is 4.90 Å². The quantitative estimate of drug-likeness (QED) is 0.359. The molecule has 1 aliphatic heterocycles. The summed E-state index contributed by atoms with van der Waals surface area (Å²) in [5.74, 6) is -0.932. The molecule has 0 bridgehead atoms. The number of nitrogens with zero attached hydrogens (tertiary/aromatic N) is 1. The van der Waals surface area contributed by atoms with Crippen LogP contribution in [0.25, 0.3) is 0 Å². The van der Waals surface area contributed by atoms with Gasteiger partial charge < -0.3 is 4.74 Å². The molecule has 0 spiro atoms. The van der Waals surface area contributed by atoms with Crippen molar-refractivity contribution in [3.05, 3.63) is 68.7 Å². The smallest absolute Gasteiger partial charge is 0.306 e. The number of ether oxygens (including phenoxy) is 1. The van der Waals surface area contributed by atoms with Crippen LogP contribution in [-0.4, -0.2) is 35.8 Å². The predicted molar refractivity (Wildman–Crippen MR) is 105 cm³/mol. The lowest BCUT2D eigenvalue weighted by Crippen LogP contribution is -2.31. The molecule has 27 heavy (non-hydrogen) atoms. The van der Waals surface area contributed by atoms with E-state index in [0.29, 0.717) is 29.0 Å². The molecule has 0 saturated heterocycles. The minimum atomic E-state index is -0.314. The zero-order valence-corrected chi connectivity index (χ0v) is 16.8. The molecular formula is C20H17BrClNO4. The molecule has 0 unspecified atom stereocenters. The van der Waals surface area contributed by atoms with Crippen LogP contribution >= 0.6 is 27.5 Å². The monoisotopic (exact) mass is 449 g/mol. The predicted octanol–water partition coefficient (Wildman–Crippen LogP) is 4.26. The summed E-state index contributed by atoms with van der Waals surface area (Å²) in [6.45, 7) is 0.380. The Hall–Kier alpha value is -2.18. The van der Waals surface area contributed by atoms with Crippen LogP contribution in [0.15, 0.2) is 46.9 Å². The van der Waals surface area contributed by atoms with Gasteiger partial charge in [0.1, 0.15) is 0 Å². The number of carbonyl (C=O) groups is 3. The maximum Gasteiger partial charge on any atom is 0.306 e. The van der Waals surface area contributed by atoms with Gasteiger partial charge in [-0.3, -0.25) is 19.3 Å². The number of amides is 2. The van der Waals surface area contributed by atoms with Crippen molar-refractivity contribution in [2.75, 3.05) is 13.2 Å². The Kier molecular flexibility index (Phi) is 6.29. The van der Waals surface area contributed by atoms with Crippen LogP contribution in [0.1, 0.15) is 39.1 Å². The van der Waals surface area contributed by atoms with E-state index in [2.05, 4.69) is 15.9 Å². The van der Waals surface area contributed by atoms with Crippen LogP contribution in [0.2, 0.25) is 5.02 Å². The average Bonchev–Trinajstić information content (AvgIpc) is 2.88. The summed E-state index contributed by atoms with van der Waals surface area (Å²) in [4.78, 5) is 37.7. The van der Waals surface area contributed by atoms with E-state index in [1.165, 1.54) is 4.90 Å². The molecule has 2 aromatic carbocycles. The van der Waals surface area contributed by atoms with Gasteiger partial charge >= 0.3 is 5.97 Å². The fourth-order valence-corrected chi connectivity index (χ4v) is 3.33. The third kappa shape index (κ3) is 4.76. The third-order valence-corrected chi connectivity index (χ3v) is 5.00. The van der Waals surface area contributed by atoms with Crippen molar-refractivity contribution in [1.29, 1.82) is 0 Å². The number of halogens is 2. The van der Waals surface area contributed by atoms with E-state index in [1.807, 2.05) is 12.1 Å². The lowest BCUT2D eigenvalue weighted by atomic mass is 10.1. The van der Waals surface area contributed by atoms with Gasteiger partial charge in [-0.25, -0.2) is 0 Å². The number of carbonyl (C=O) groups excluding carboxylic acids is 3. The molecule has 0 aromatic heterocycles. The molecule has 2 aromatic rings. The number of imide groups is 1. The highest BCUT2D eigenvalue weighted by Crippen LogP contribution is 2.26. The summed E-state index contributed by atoms with van der Waals surface area (Å²) in [5, 5.41) is 0.654. The molecule has 0 radical (unpaired) electrons. The van der Waals surface area contributed by atoms with Crippen LogP contribution in [0.5, 0.6) is 0 Å². The Bertz CT molecular complexity index is 882. The minimum absolute atomic E-state index is 0.163. The third-order valence-electron chi connectivity index (χ3n) is 4.25. The number of rotatable bonds is 7. The SMILES string of the molecule is O=C(CCc1ccc(Cl)cc1)OCCCN1C(=O)c2ccc(Br)cc2C1=O. The van der Waals surface area contributed by atoms with E-state index in [1.54, 1.807) is 30.3 Å². The fraction of sp³-hybridized carbons (Fsp3) is 0.250. The van der Waals surface area contributed by atoms with Gasteiger partial charge in [0.25, 0.3) is 11.8 Å². The van der Waals surface area contributed by atoms with Crippen molar-refractivity contribution >= 4 is 45.3 Å². The first-order chi connectivity index (χ1) is 13.0. The molecular weight excluding hydrogens is 434 g/mol. The van der Waals surface area contributed by atoms with Crippen molar-refractivity contribution in [3.63, 3.8) is 0 Å². The van der Waals surface area contributed by atoms with Crippen LogP contribution in [-0.2, 0) is 16.0 Å². The van der Waals surface area contributed by atoms with Crippen molar-refractivity contribution in [3.8, 4) is 0 Å². The van der Waals surface area contributed by atoms with Crippen LogP contribution < -0.4 is 0 Å². The highest BCUT2D eigenvalue weighted by molar-refractivity contribution is 9.10. The van der Waals surface area contributed by atoms with Gasteiger partial charge in [0.15, 0.2) is 0 Å². The van der Waals surface area contributed by atoms with Gasteiger partial charge in [-0.15, -0.1) is 0 Å². The zero-order valence-electron chi connectivity index (χ0n) is 14.4. The normalized spacial score (nSPS) is 13.0. The van der Waals surface area contributed by atoms with Crippen molar-refractivity contribution < 1.29 is 19.1 Å². The number of fused-ring (bicyclic) bond motifs is 1. The average molecular weight is 451 g/mol. The molecule has 1 heterocycles. The molecule has 7 heteroatoms. The van der Waals surface area contributed by atoms with Gasteiger partial charge in [-0.2, -0.15) is 0 Å². The molecule has 140 valence electrons. The second-order valence-electron chi connectivity index (χ2n) is 6.15. The first-order valence-electron chi connectivity index (χ1n) is 8.51. The van der Waals surface area contributed by atoms with E-state index in [-0.39, 0.29) is 37.4 Å². The Balaban J connectivity index is 1.41. The first kappa shape index (κ1) is 19.6. The topological polar surface area (TPSA) is 63.7 Å². The van der Waals surface area contributed by atoms with E-state index in [4.69, 9.17) is 16.3 Å². The van der Waals surface area contributed by atoms with E-state index in [0.717, 1.165) is 10.0 Å². The molecule has 1 aliphatic rings. The number of hydrogen-bond acceptors (Lipinski definition) is 4. The maximum absolute atomic E-state index is 12.3. The Morgan fingerprint density at radius 1 is 1.04 bits per heavy atom.